The fourth-order valence-corrected chi connectivity index (χ4v) is 6.21. The van der Waals surface area contributed by atoms with E-state index in [1.165, 1.54) is 11.8 Å². The van der Waals surface area contributed by atoms with E-state index in [0.717, 1.165) is 22.4 Å². The van der Waals surface area contributed by atoms with Crippen LogP contribution in [0.1, 0.15) is 32.6 Å². The fraction of sp³-hybridized carbons (Fsp3) is 0.222. The van der Waals surface area contributed by atoms with E-state index in [-0.39, 0.29) is 11.8 Å². The van der Waals surface area contributed by atoms with Crippen LogP contribution in [0.15, 0.2) is 66.7 Å². The van der Waals surface area contributed by atoms with Gasteiger partial charge in [-0.3, -0.25) is 9.59 Å². The van der Waals surface area contributed by atoms with E-state index in [9.17, 15) is 14.9 Å². The average molecular weight is 470 g/mol. The molecule has 1 atom stereocenters. The monoisotopic (exact) mass is 469 g/mol. The Labute approximate surface area is 202 Å². The van der Waals surface area contributed by atoms with Crippen molar-refractivity contribution in [2.45, 2.75) is 18.3 Å². The number of nitriles is 1. The molecule has 2 aliphatic rings. The number of ether oxygens (including phenoxy) is 1. The number of hydrogen-bond donors (Lipinski definition) is 0. The number of hydrogen-bond acceptors (Lipinski definition) is 5. The first-order valence-corrected chi connectivity index (χ1v) is 12.0. The Hall–Kier alpha value is -3.76. The van der Waals surface area contributed by atoms with Crippen LogP contribution in [0.4, 0.5) is 5.69 Å². The van der Waals surface area contributed by atoms with Gasteiger partial charge in [-0.2, -0.15) is 5.26 Å². The van der Waals surface area contributed by atoms with Gasteiger partial charge in [0.2, 0.25) is 0 Å². The molecule has 6 nitrogen and oxygen atoms in total. The van der Waals surface area contributed by atoms with Crippen LogP contribution in [0.3, 0.4) is 0 Å². The first-order chi connectivity index (χ1) is 16.5. The maximum Gasteiger partial charge on any atom is 0.268 e. The minimum absolute atomic E-state index is 0.150. The quantitative estimate of drug-likeness (QED) is 0.564. The van der Waals surface area contributed by atoms with Gasteiger partial charge in [0.25, 0.3) is 11.8 Å². The van der Waals surface area contributed by atoms with Crippen LogP contribution in [0.5, 0.6) is 5.75 Å². The summed E-state index contributed by atoms with van der Waals surface area (Å²) in [5.74, 6) is 0.980. The molecule has 0 radical (unpaired) electrons. The van der Waals surface area contributed by atoms with Gasteiger partial charge in [-0.15, -0.1) is 11.8 Å². The lowest BCUT2D eigenvalue weighted by molar-refractivity contribution is -0.123. The van der Waals surface area contributed by atoms with Crippen LogP contribution in [0, 0.1) is 18.3 Å². The summed E-state index contributed by atoms with van der Waals surface area (Å²) < 4.78 is 5.48. The second kappa shape index (κ2) is 8.54. The highest BCUT2D eigenvalue weighted by atomic mass is 32.2. The van der Waals surface area contributed by atoms with Gasteiger partial charge in [0.15, 0.2) is 4.87 Å². The van der Waals surface area contributed by atoms with Gasteiger partial charge < -0.3 is 14.5 Å². The third kappa shape index (κ3) is 3.34. The van der Waals surface area contributed by atoms with Gasteiger partial charge in [0.05, 0.1) is 31.0 Å². The summed E-state index contributed by atoms with van der Waals surface area (Å²) in [5, 5.41) is 9.29. The van der Waals surface area contributed by atoms with Crippen molar-refractivity contribution in [1.29, 1.82) is 5.26 Å². The highest BCUT2D eigenvalue weighted by Crippen LogP contribution is 2.55. The van der Waals surface area contributed by atoms with Gasteiger partial charge in [-0.25, -0.2) is 0 Å². The Balaban J connectivity index is 1.62. The molecule has 1 fully saturated rings. The number of fused-ring (bicyclic) bond motifs is 2. The summed E-state index contributed by atoms with van der Waals surface area (Å²) in [7, 11) is 1.59. The summed E-state index contributed by atoms with van der Waals surface area (Å²) in [6.45, 7) is 2.69. The third-order valence-electron chi connectivity index (χ3n) is 6.42. The van der Waals surface area contributed by atoms with Crippen LogP contribution >= 0.6 is 11.8 Å². The Morgan fingerprint density at radius 3 is 2.74 bits per heavy atom. The molecule has 0 saturated carbocycles. The van der Waals surface area contributed by atoms with E-state index in [2.05, 4.69) is 6.07 Å². The van der Waals surface area contributed by atoms with E-state index in [1.54, 1.807) is 29.0 Å². The van der Waals surface area contributed by atoms with Gasteiger partial charge >= 0.3 is 0 Å². The summed E-state index contributed by atoms with van der Waals surface area (Å²) in [6, 6.07) is 22.5. The number of benzene rings is 3. The zero-order valence-corrected chi connectivity index (χ0v) is 19.8. The van der Waals surface area contributed by atoms with Crippen molar-refractivity contribution in [2.24, 2.45) is 0 Å². The van der Waals surface area contributed by atoms with Gasteiger partial charge in [0.1, 0.15) is 5.75 Å². The number of aryl methyl sites for hydroxylation is 1. The molecule has 7 heteroatoms. The standard InChI is InChI=1S/C27H23N3O3S/c1-18-6-3-4-9-22(18)25(31)30-12-13-34-27(30)23-15-21(33-2)10-11-24(23)29(26(27)32)17-20-8-5-7-19(14-20)16-28/h3-11,14-15H,12-13,17H2,1-2H3/t27-/m0/s1. The lowest BCUT2D eigenvalue weighted by Crippen LogP contribution is -2.50. The average Bonchev–Trinajstić information content (AvgIpc) is 3.41. The Kier molecular flexibility index (Phi) is 5.54. The lowest BCUT2D eigenvalue weighted by atomic mass is 10.0. The van der Waals surface area contributed by atoms with Gasteiger partial charge in [0, 0.05) is 23.4 Å². The number of methoxy groups -OCH3 is 1. The highest BCUT2D eigenvalue weighted by Gasteiger charge is 2.59. The Morgan fingerprint density at radius 2 is 1.97 bits per heavy atom. The molecule has 0 aromatic heterocycles. The van der Waals surface area contributed by atoms with E-state index in [1.807, 2.05) is 61.5 Å². The number of thioether (sulfide) groups is 1. The molecular weight excluding hydrogens is 446 g/mol. The normalized spacial score (nSPS) is 18.8. The summed E-state index contributed by atoms with van der Waals surface area (Å²) >= 11 is 1.49. The minimum atomic E-state index is -1.16. The molecular formula is C27H23N3O3S. The molecule has 0 N–H and O–H groups in total. The maximum absolute atomic E-state index is 14.2. The number of nitrogens with zero attached hydrogens (tertiary/aromatic N) is 3. The van der Waals surface area contributed by atoms with Crippen molar-refractivity contribution >= 4 is 29.3 Å². The topological polar surface area (TPSA) is 73.6 Å². The molecule has 2 heterocycles. The highest BCUT2D eigenvalue weighted by molar-refractivity contribution is 8.01. The van der Waals surface area contributed by atoms with Crippen LogP contribution in [-0.4, -0.2) is 36.1 Å². The molecule has 34 heavy (non-hydrogen) atoms. The van der Waals surface area contributed by atoms with Crippen molar-refractivity contribution in [3.8, 4) is 11.8 Å². The molecule has 170 valence electrons. The number of rotatable bonds is 4. The Morgan fingerprint density at radius 1 is 1.15 bits per heavy atom. The largest absolute Gasteiger partial charge is 0.497 e. The molecule has 0 bridgehead atoms. The molecule has 0 aliphatic carbocycles. The van der Waals surface area contributed by atoms with Gasteiger partial charge in [-0.05, 0) is 54.4 Å². The number of amides is 2. The molecule has 2 amide bonds. The lowest BCUT2D eigenvalue weighted by Gasteiger charge is -2.33. The summed E-state index contributed by atoms with van der Waals surface area (Å²) in [5.41, 5.74) is 4.39. The smallest absolute Gasteiger partial charge is 0.268 e. The molecule has 1 saturated heterocycles. The second-order valence-corrected chi connectivity index (χ2v) is 9.64. The van der Waals surface area contributed by atoms with Crippen LogP contribution in [-0.2, 0) is 16.2 Å². The number of anilines is 1. The van der Waals surface area contributed by atoms with Crippen LogP contribution in [0.2, 0.25) is 0 Å². The Bertz CT molecular complexity index is 1350. The number of carbonyl (C=O) groups is 2. The number of carbonyl (C=O) groups excluding carboxylic acids is 2. The fourth-order valence-electron chi connectivity index (χ4n) is 4.76. The maximum atomic E-state index is 14.2. The van der Waals surface area contributed by atoms with Crippen molar-refractivity contribution in [1.82, 2.24) is 4.90 Å². The van der Waals surface area contributed by atoms with Crippen molar-refractivity contribution in [3.63, 3.8) is 0 Å². The van der Waals surface area contributed by atoms with Crippen LogP contribution in [0.25, 0.3) is 0 Å². The summed E-state index contributed by atoms with van der Waals surface area (Å²) in [4.78, 5) is 30.2. The first kappa shape index (κ1) is 22.1. The predicted molar refractivity (Wildman–Crippen MR) is 132 cm³/mol. The first-order valence-electron chi connectivity index (χ1n) is 11.0. The zero-order chi connectivity index (χ0) is 23.9. The van der Waals surface area contributed by atoms with E-state index >= 15 is 0 Å². The van der Waals surface area contributed by atoms with E-state index < -0.39 is 4.87 Å². The minimum Gasteiger partial charge on any atom is -0.497 e. The summed E-state index contributed by atoms with van der Waals surface area (Å²) in [6.07, 6.45) is 0. The van der Waals surface area contributed by atoms with Crippen molar-refractivity contribution < 1.29 is 14.3 Å². The molecule has 3 aromatic rings. The van der Waals surface area contributed by atoms with E-state index in [0.29, 0.717) is 35.7 Å². The molecule has 3 aromatic carbocycles. The second-order valence-electron chi connectivity index (χ2n) is 8.35. The SMILES string of the molecule is COc1ccc2c(c1)[C@]1(SCCN1C(=O)c1ccccc1C)C(=O)N2Cc1cccc(C#N)c1. The van der Waals surface area contributed by atoms with Crippen molar-refractivity contribution in [3.05, 3.63) is 94.5 Å². The van der Waals surface area contributed by atoms with E-state index in [4.69, 9.17) is 4.74 Å². The third-order valence-corrected chi connectivity index (χ3v) is 7.84. The molecule has 0 unspecified atom stereocenters. The van der Waals surface area contributed by atoms with Gasteiger partial charge in [-0.1, -0.05) is 30.3 Å². The molecule has 5 rings (SSSR count). The molecule has 2 aliphatic heterocycles. The molecule has 1 spiro atoms. The zero-order valence-electron chi connectivity index (χ0n) is 18.9. The van der Waals surface area contributed by atoms with Crippen molar-refractivity contribution in [2.75, 3.05) is 24.3 Å². The van der Waals surface area contributed by atoms with Crippen LogP contribution < -0.4 is 9.64 Å². The predicted octanol–water partition coefficient (Wildman–Crippen LogP) is 4.46.